The summed E-state index contributed by atoms with van der Waals surface area (Å²) in [6.07, 6.45) is 5.33. The normalized spacial score (nSPS) is 22.6. The highest BCUT2D eigenvalue weighted by Gasteiger charge is 2.26. The molecule has 0 aliphatic heterocycles. The average Bonchev–Trinajstić information content (AvgIpc) is 2.43. The summed E-state index contributed by atoms with van der Waals surface area (Å²) in [5.74, 6) is 1.02. The molecule has 20 heavy (non-hydrogen) atoms. The third-order valence-corrected chi connectivity index (χ3v) is 4.83. The highest BCUT2D eigenvalue weighted by Crippen LogP contribution is 2.32. The van der Waals surface area contributed by atoms with Gasteiger partial charge in [0.2, 0.25) is 5.91 Å². The second-order valence-electron chi connectivity index (χ2n) is 5.77. The molecule has 0 spiro atoms. The van der Waals surface area contributed by atoms with Gasteiger partial charge >= 0.3 is 0 Å². The fourth-order valence-electron chi connectivity index (χ4n) is 2.91. The second kappa shape index (κ2) is 7.23. The van der Waals surface area contributed by atoms with Gasteiger partial charge in [-0.05, 0) is 85.1 Å². The van der Waals surface area contributed by atoms with Crippen LogP contribution < -0.4 is 11.1 Å². The van der Waals surface area contributed by atoms with E-state index in [1.807, 2.05) is 25.1 Å². The summed E-state index contributed by atoms with van der Waals surface area (Å²) in [5, 5.41) is 3.04. The summed E-state index contributed by atoms with van der Waals surface area (Å²) in [6, 6.07) is 5.99. The Morgan fingerprint density at radius 1 is 1.35 bits per heavy atom. The summed E-state index contributed by atoms with van der Waals surface area (Å²) in [6.45, 7) is 2.80. The Morgan fingerprint density at radius 2 is 2.05 bits per heavy atom. The first kappa shape index (κ1) is 15.5. The number of carbonyl (C=O) groups excluding carboxylic acids is 1. The minimum absolute atomic E-state index is 0.150. The van der Waals surface area contributed by atoms with Crippen molar-refractivity contribution in [3.63, 3.8) is 0 Å². The lowest BCUT2D eigenvalue weighted by molar-refractivity contribution is -0.121. The molecule has 0 bridgehead atoms. The number of anilines is 1. The molecule has 1 fully saturated rings. The van der Waals surface area contributed by atoms with E-state index in [1.54, 1.807) is 0 Å². The van der Waals surface area contributed by atoms with Crippen molar-refractivity contribution < 1.29 is 4.79 Å². The minimum atomic E-state index is 0.150. The molecule has 0 heterocycles. The Morgan fingerprint density at radius 3 is 2.65 bits per heavy atom. The van der Waals surface area contributed by atoms with Crippen molar-refractivity contribution in [2.75, 3.05) is 11.9 Å². The van der Waals surface area contributed by atoms with Gasteiger partial charge in [-0.1, -0.05) is 6.07 Å². The van der Waals surface area contributed by atoms with Crippen molar-refractivity contribution in [1.29, 1.82) is 0 Å². The molecule has 1 aromatic carbocycles. The highest BCUT2D eigenvalue weighted by atomic mass is 79.9. The monoisotopic (exact) mass is 338 g/mol. The first-order valence-corrected chi connectivity index (χ1v) is 8.16. The van der Waals surface area contributed by atoms with Crippen LogP contribution in [0.4, 0.5) is 5.69 Å². The quantitative estimate of drug-likeness (QED) is 0.875. The maximum Gasteiger partial charge on any atom is 0.227 e. The molecular formula is C16H23BrN2O. The fraction of sp³-hybridized carbons (Fsp3) is 0.562. The lowest BCUT2D eigenvalue weighted by Gasteiger charge is -2.27. The molecule has 1 saturated carbocycles. The van der Waals surface area contributed by atoms with Crippen molar-refractivity contribution in [3.05, 3.63) is 28.2 Å². The van der Waals surface area contributed by atoms with E-state index in [9.17, 15) is 4.79 Å². The number of carbonyl (C=O) groups is 1. The van der Waals surface area contributed by atoms with Gasteiger partial charge in [0.15, 0.2) is 0 Å². The van der Waals surface area contributed by atoms with Crippen LogP contribution in [0, 0.1) is 18.8 Å². The number of nitrogens with two attached hydrogens (primary N) is 1. The molecule has 3 N–H and O–H groups in total. The predicted octanol–water partition coefficient (Wildman–Crippen LogP) is 3.85. The zero-order chi connectivity index (χ0) is 14.5. The van der Waals surface area contributed by atoms with Gasteiger partial charge < -0.3 is 11.1 Å². The summed E-state index contributed by atoms with van der Waals surface area (Å²) in [4.78, 5) is 12.3. The fourth-order valence-corrected chi connectivity index (χ4v) is 3.50. The predicted molar refractivity (Wildman–Crippen MR) is 86.6 cm³/mol. The van der Waals surface area contributed by atoms with Gasteiger partial charge in [-0.15, -0.1) is 0 Å². The number of aryl methyl sites for hydroxylation is 1. The zero-order valence-corrected chi connectivity index (χ0v) is 13.6. The van der Waals surface area contributed by atoms with Crippen LogP contribution in [0.5, 0.6) is 0 Å². The number of halogens is 1. The van der Waals surface area contributed by atoms with E-state index in [0.717, 1.165) is 54.7 Å². The van der Waals surface area contributed by atoms with Crippen LogP contribution >= 0.6 is 15.9 Å². The van der Waals surface area contributed by atoms with E-state index in [0.29, 0.717) is 0 Å². The van der Waals surface area contributed by atoms with Crippen LogP contribution in [0.1, 0.15) is 37.7 Å². The van der Waals surface area contributed by atoms with Gasteiger partial charge in [0.05, 0.1) is 5.69 Å². The van der Waals surface area contributed by atoms with Gasteiger partial charge in [-0.3, -0.25) is 4.79 Å². The number of hydrogen-bond donors (Lipinski definition) is 2. The van der Waals surface area contributed by atoms with Crippen molar-refractivity contribution in [2.45, 2.75) is 39.0 Å². The molecule has 1 aliphatic rings. The maximum absolute atomic E-state index is 12.3. The number of amides is 1. The van der Waals surface area contributed by atoms with Gasteiger partial charge in [0, 0.05) is 10.4 Å². The van der Waals surface area contributed by atoms with E-state index < -0.39 is 0 Å². The smallest absolute Gasteiger partial charge is 0.227 e. The van der Waals surface area contributed by atoms with Gasteiger partial charge in [-0.2, -0.15) is 0 Å². The first-order valence-electron chi connectivity index (χ1n) is 7.37. The van der Waals surface area contributed by atoms with Crippen LogP contribution in [0.2, 0.25) is 0 Å². The Labute approximate surface area is 129 Å². The molecule has 0 saturated heterocycles. The topological polar surface area (TPSA) is 55.1 Å². The Bertz CT molecular complexity index is 468. The number of rotatable bonds is 4. The number of hydrogen-bond acceptors (Lipinski definition) is 2. The van der Waals surface area contributed by atoms with E-state index >= 15 is 0 Å². The van der Waals surface area contributed by atoms with Crippen LogP contribution in [0.25, 0.3) is 0 Å². The lowest BCUT2D eigenvalue weighted by Crippen LogP contribution is -2.28. The Hall–Kier alpha value is -0.870. The van der Waals surface area contributed by atoms with Crippen LogP contribution in [0.3, 0.4) is 0 Å². The van der Waals surface area contributed by atoms with Crippen molar-refractivity contribution in [2.24, 2.45) is 17.6 Å². The first-order chi connectivity index (χ1) is 9.60. The van der Waals surface area contributed by atoms with Crippen LogP contribution in [-0.4, -0.2) is 12.5 Å². The molecule has 4 heteroatoms. The van der Waals surface area contributed by atoms with Crippen molar-refractivity contribution >= 4 is 27.5 Å². The maximum atomic E-state index is 12.3. The van der Waals surface area contributed by atoms with E-state index in [2.05, 4.69) is 21.2 Å². The molecule has 1 amide bonds. The van der Waals surface area contributed by atoms with Crippen LogP contribution in [0.15, 0.2) is 22.7 Å². The number of nitrogens with one attached hydrogen (secondary N) is 1. The van der Waals surface area contributed by atoms with E-state index in [1.165, 1.54) is 5.56 Å². The standard InChI is InChI=1S/C16H23BrN2O/c1-11-2-7-15(14(17)10-11)19-16(20)13-5-3-12(4-6-13)8-9-18/h2,7,10,12-13H,3-6,8-9,18H2,1H3,(H,19,20). The molecule has 0 aromatic heterocycles. The largest absolute Gasteiger partial charge is 0.330 e. The lowest BCUT2D eigenvalue weighted by atomic mass is 9.80. The van der Waals surface area contributed by atoms with Gasteiger partial charge in [-0.25, -0.2) is 0 Å². The molecule has 110 valence electrons. The third kappa shape index (κ3) is 4.06. The second-order valence-corrected chi connectivity index (χ2v) is 6.62. The Balaban J connectivity index is 1.89. The summed E-state index contributed by atoms with van der Waals surface area (Å²) in [5.41, 5.74) is 7.64. The van der Waals surface area contributed by atoms with E-state index in [4.69, 9.17) is 5.73 Å². The molecular weight excluding hydrogens is 316 g/mol. The molecule has 2 rings (SSSR count). The molecule has 1 aliphatic carbocycles. The number of benzene rings is 1. The molecule has 0 atom stereocenters. The van der Waals surface area contributed by atoms with Crippen molar-refractivity contribution in [1.82, 2.24) is 0 Å². The summed E-state index contributed by atoms with van der Waals surface area (Å²) >= 11 is 3.50. The molecule has 3 nitrogen and oxygen atoms in total. The van der Waals surface area contributed by atoms with Crippen molar-refractivity contribution in [3.8, 4) is 0 Å². The summed E-state index contributed by atoms with van der Waals surface area (Å²) < 4.78 is 0.947. The summed E-state index contributed by atoms with van der Waals surface area (Å²) in [7, 11) is 0. The minimum Gasteiger partial charge on any atom is -0.330 e. The van der Waals surface area contributed by atoms with Gasteiger partial charge in [0.25, 0.3) is 0 Å². The molecule has 0 radical (unpaired) electrons. The van der Waals surface area contributed by atoms with E-state index in [-0.39, 0.29) is 11.8 Å². The highest BCUT2D eigenvalue weighted by molar-refractivity contribution is 9.10. The average molecular weight is 339 g/mol. The molecule has 1 aromatic rings. The third-order valence-electron chi connectivity index (χ3n) is 4.17. The van der Waals surface area contributed by atoms with Crippen LogP contribution in [-0.2, 0) is 4.79 Å². The van der Waals surface area contributed by atoms with Gasteiger partial charge in [0.1, 0.15) is 0 Å². The zero-order valence-electron chi connectivity index (χ0n) is 12.0. The molecule has 0 unspecified atom stereocenters. The Kier molecular flexibility index (Phi) is 5.61. The SMILES string of the molecule is Cc1ccc(NC(=O)C2CCC(CCN)CC2)c(Br)c1.